The van der Waals surface area contributed by atoms with E-state index in [2.05, 4.69) is 10.6 Å². The highest BCUT2D eigenvalue weighted by molar-refractivity contribution is 6.35. The Morgan fingerprint density at radius 1 is 1.15 bits per heavy atom. The molecule has 0 saturated carbocycles. The lowest BCUT2D eigenvalue weighted by Crippen LogP contribution is -2.50. The molecule has 20 heavy (non-hydrogen) atoms. The summed E-state index contributed by atoms with van der Waals surface area (Å²) in [7, 11) is 0. The number of nitrogens with one attached hydrogen (secondary N) is 2. The number of aliphatic carboxylic acids is 1. The highest BCUT2D eigenvalue weighted by atomic mass is 35.5. The molecule has 0 unspecified atom stereocenters. The van der Waals surface area contributed by atoms with E-state index in [1.807, 2.05) is 0 Å². The summed E-state index contributed by atoms with van der Waals surface area (Å²) in [4.78, 5) is 23.0. The molecule has 1 aromatic carbocycles. The lowest BCUT2D eigenvalue weighted by molar-refractivity contribution is -0.141. The summed E-state index contributed by atoms with van der Waals surface area (Å²) >= 11 is 11.6. The number of carboxylic acids is 1. The molecule has 1 rings (SSSR count). The summed E-state index contributed by atoms with van der Waals surface area (Å²) in [6.45, 7) is 5.17. The normalized spacial score (nSPS) is 12.7. The van der Waals surface area contributed by atoms with Crippen LogP contribution in [0, 0.1) is 5.41 Å². The van der Waals surface area contributed by atoms with Crippen LogP contribution >= 0.6 is 23.2 Å². The van der Waals surface area contributed by atoms with Crippen molar-refractivity contribution in [2.75, 3.05) is 5.32 Å². The standard InChI is InChI=1S/C13H16Cl2N2O3/c1-13(2,3)10(11(18)19)17-12(20)16-9-5-7(14)4-8(15)6-9/h4-6,10H,1-3H3,(H,18,19)(H2,16,17,20)/t10-/m0/s1. The van der Waals surface area contributed by atoms with E-state index in [1.165, 1.54) is 18.2 Å². The summed E-state index contributed by atoms with van der Waals surface area (Å²) in [5, 5.41) is 14.8. The molecule has 0 radical (unpaired) electrons. The second-order valence-electron chi connectivity index (χ2n) is 5.39. The molecule has 0 saturated heterocycles. The van der Waals surface area contributed by atoms with Gasteiger partial charge in [0.25, 0.3) is 0 Å². The first kappa shape index (κ1) is 16.6. The van der Waals surface area contributed by atoms with Crippen LogP contribution in [0.2, 0.25) is 10.0 Å². The van der Waals surface area contributed by atoms with E-state index in [1.54, 1.807) is 20.8 Å². The van der Waals surface area contributed by atoms with Crippen molar-refractivity contribution in [3.05, 3.63) is 28.2 Å². The number of carbonyl (C=O) groups is 2. The molecule has 110 valence electrons. The van der Waals surface area contributed by atoms with Crippen molar-refractivity contribution in [2.45, 2.75) is 26.8 Å². The van der Waals surface area contributed by atoms with E-state index >= 15 is 0 Å². The summed E-state index contributed by atoms with van der Waals surface area (Å²) in [6.07, 6.45) is 0. The lowest BCUT2D eigenvalue weighted by Gasteiger charge is -2.27. The van der Waals surface area contributed by atoms with Gasteiger partial charge in [-0.1, -0.05) is 44.0 Å². The van der Waals surface area contributed by atoms with Gasteiger partial charge in [-0.05, 0) is 23.6 Å². The molecule has 1 atom stereocenters. The molecule has 0 aliphatic heterocycles. The summed E-state index contributed by atoms with van der Waals surface area (Å²) in [6, 6.07) is 2.91. The van der Waals surface area contributed by atoms with Gasteiger partial charge in [0, 0.05) is 15.7 Å². The Kier molecular flexibility index (Phi) is 5.25. The Hall–Kier alpha value is -1.46. The zero-order valence-corrected chi connectivity index (χ0v) is 12.8. The van der Waals surface area contributed by atoms with Crippen LogP contribution < -0.4 is 10.6 Å². The highest BCUT2D eigenvalue weighted by Crippen LogP contribution is 2.23. The number of benzene rings is 1. The fraction of sp³-hybridized carbons (Fsp3) is 0.385. The van der Waals surface area contributed by atoms with Gasteiger partial charge in [0.1, 0.15) is 6.04 Å². The molecule has 2 amide bonds. The third-order valence-corrected chi connectivity index (χ3v) is 2.95. The van der Waals surface area contributed by atoms with Crippen molar-refractivity contribution in [1.29, 1.82) is 0 Å². The third kappa shape index (κ3) is 4.90. The average molecular weight is 319 g/mol. The second kappa shape index (κ2) is 6.33. The van der Waals surface area contributed by atoms with E-state index in [9.17, 15) is 9.59 Å². The Bertz CT molecular complexity index is 507. The smallest absolute Gasteiger partial charge is 0.326 e. The topological polar surface area (TPSA) is 78.4 Å². The number of carbonyl (C=O) groups excluding carboxylic acids is 1. The highest BCUT2D eigenvalue weighted by Gasteiger charge is 2.32. The predicted molar refractivity (Wildman–Crippen MR) is 79.5 cm³/mol. The molecule has 0 heterocycles. The third-order valence-electron chi connectivity index (χ3n) is 2.51. The first-order valence-corrected chi connectivity index (χ1v) is 6.61. The van der Waals surface area contributed by atoms with E-state index in [4.69, 9.17) is 28.3 Å². The van der Waals surface area contributed by atoms with Crippen LogP contribution in [-0.4, -0.2) is 23.1 Å². The summed E-state index contributed by atoms with van der Waals surface area (Å²) in [5.74, 6) is -1.10. The second-order valence-corrected chi connectivity index (χ2v) is 6.27. The van der Waals surface area contributed by atoms with Gasteiger partial charge < -0.3 is 15.7 Å². The zero-order chi connectivity index (χ0) is 15.5. The van der Waals surface area contributed by atoms with Crippen LogP contribution in [0.4, 0.5) is 10.5 Å². The molecule has 0 spiro atoms. The Balaban J connectivity index is 2.78. The van der Waals surface area contributed by atoms with Crippen LogP contribution in [-0.2, 0) is 4.79 Å². The van der Waals surface area contributed by atoms with E-state index in [0.717, 1.165) is 0 Å². The van der Waals surface area contributed by atoms with Gasteiger partial charge in [-0.15, -0.1) is 0 Å². The fourth-order valence-corrected chi connectivity index (χ4v) is 2.10. The molecule has 0 aliphatic rings. The monoisotopic (exact) mass is 318 g/mol. The van der Waals surface area contributed by atoms with Crippen LogP contribution in [0.15, 0.2) is 18.2 Å². The quantitative estimate of drug-likeness (QED) is 0.796. The molecule has 3 N–H and O–H groups in total. The minimum atomic E-state index is -1.10. The largest absolute Gasteiger partial charge is 0.480 e. The van der Waals surface area contributed by atoms with Crippen molar-refractivity contribution >= 4 is 40.9 Å². The van der Waals surface area contributed by atoms with Gasteiger partial charge in [-0.2, -0.15) is 0 Å². The van der Waals surface area contributed by atoms with E-state index in [-0.39, 0.29) is 0 Å². The van der Waals surface area contributed by atoms with Crippen molar-refractivity contribution in [1.82, 2.24) is 5.32 Å². The fourth-order valence-electron chi connectivity index (χ4n) is 1.57. The van der Waals surface area contributed by atoms with Crippen LogP contribution in [0.25, 0.3) is 0 Å². The van der Waals surface area contributed by atoms with E-state index < -0.39 is 23.5 Å². The SMILES string of the molecule is CC(C)(C)[C@@H](NC(=O)Nc1cc(Cl)cc(Cl)c1)C(=O)O. The number of anilines is 1. The maximum Gasteiger partial charge on any atom is 0.326 e. The van der Waals surface area contributed by atoms with Gasteiger partial charge in [0.15, 0.2) is 0 Å². The lowest BCUT2D eigenvalue weighted by atomic mass is 9.87. The van der Waals surface area contributed by atoms with Gasteiger partial charge in [0.05, 0.1) is 0 Å². The minimum Gasteiger partial charge on any atom is -0.480 e. The van der Waals surface area contributed by atoms with Crippen molar-refractivity contribution in [3.63, 3.8) is 0 Å². The number of carboxylic acid groups (broad SMARTS) is 1. The van der Waals surface area contributed by atoms with Gasteiger partial charge in [-0.3, -0.25) is 0 Å². The molecule has 0 aliphatic carbocycles. The first-order chi connectivity index (χ1) is 9.09. The molecular formula is C13H16Cl2N2O3. The average Bonchev–Trinajstić information content (AvgIpc) is 2.22. The number of halogens is 2. The van der Waals surface area contributed by atoms with E-state index in [0.29, 0.717) is 15.7 Å². The number of rotatable bonds is 3. The molecule has 0 bridgehead atoms. The van der Waals surface area contributed by atoms with Crippen LogP contribution in [0.3, 0.4) is 0 Å². The Morgan fingerprint density at radius 3 is 2.05 bits per heavy atom. The Morgan fingerprint density at radius 2 is 1.65 bits per heavy atom. The molecule has 5 nitrogen and oxygen atoms in total. The number of amides is 2. The van der Waals surface area contributed by atoms with Crippen molar-refractivity contribution in [2.24, 2.45) is 5.41 Å². The zero-order valence-electron chi connectivity index (χ0n) is 11.3. The summed E-state index contributed by atoms with van der Waals surface area (Å²) < 4.78 is 0. The molecule has 0 aromatic heterocycles. The Labute approximate surface area is 127 Å². The van der Waals surface area contributed by atoms with Gasteiger partial charge in [0.2, 0.25) is 0 Å². The van der Waals surface area contributed by atoms with Crippen molar-refractivity contribution in [3.8, 4) is 0 Å². The number of hydrogen-bond acceptors (Lipinski definition) is 2. The van der Waals surface area contributed by atoms with Crippen molar-refractivity contribution < 1.29 is 14.7 Å². The predicted octanol–water partition coefficient (Wildman–Crippen LogP) is 3.61. The molecule has 0 fully saturated rings. The van der Waals surface area contributed by atoms with Gasteiger partial charge >= 0.3 is 12.0 Å². The molecule has 1 aromatic rings. The first-order valence-electron chi connectivity index (χ1n) is 5.86. The minimum absolute atomic E-state index is 0.374. The maximum atomic E-state index is 11.8. The maximum absolute atomic E-state index is 11.8. The number of urea groups is 1. The van der Waals surface area contributed by atoms with Gasteiger partial charge in [-0.25, -0.2) is 9.59 Å². The molecule has 7 heteroatoms. The molecular weight excluding hydrogens is 303 g/mol. The van der Waals surface area contributed by atoms with Crippen LogP contribution in [0.1, 0.15) is 20.8 Å². The summed E-state index contributed by atoms with van der Waals surface area (Å²) in [5.41, 5.74) is -0.229. The number of hydrogen-bond donors (Lipinski definition) is 3. The van der Waals surface area contributed by atoms with Crippen LogP contribution in [0.5, 0.6) is 0 Å².